The maximum Gasteiger partial charge on any atom is 0.337 e. The zero-order valence-corrected chi connectivity index (χ0v) is 16.4. The van der Waals surface area contributed by atoms with E-state index in [9.17, 15) is 4.79 Å². The van der Waals surface area contributed by atoms with Crippen LogP contribution >= 0.6 is 12.2 Å². The summed E-state index contributed by atoms with van der Waals surface area (Å²) < 4.78 is 10.4. The molecule has 6 heteroatoms. The van der Waals surface area contributed by atoms with Gasteiger partial charge in [0.25, 0.3) is 0 Å². The van der Waals surface area contributed by atoms with Crippen molar-refractivity contribution in [2.75, 3.05) is 14.2 Å². The van der Waals surface area contributed by atoms with Crippen LogP contribution in [0.25, 0.3) is 0 Å². The fourth-order valence-corrected chi connectivity index (χ4v) is 3.96. The van der Waals surface area contributed by atoms with Gasteiger partial charge in [-0.05, 0) is 56.1 Å². The number of nitrogens with zero attached hydrogens (tertiary/aromatic N) is 1. The summed E-state index contributed by atoms with van der Waals surface area (Å²) in [4.78, 5) is 14.2. The Morgan fingerprint density at radius 2 is 1.92 bits per heavy atom. The minimum atomic E-state index is -0.336. The van der Waals surface area contributed by atoms with E-state index < -0.39 is 0 Å². The fourth-order valence-electron chi connectivity index (χ4n) is 3.58. The third-order valence-corrected chi connectivity index (χ3v) is 5.58. The van der Waals surface area contributed by atoms with Crippen LogP contribution in [0.5, 0.6) is 5.75 Å². The molecule has 0 saturated heterocycles. The predicted octanol–water partition coefficient (Wildman–Crippen LogP) is 3.65. The second-order valence-electron chi connectivity index (χ2n) is 7.16. The number of benzene rings is 1. The summed E-state index contributed by atoms with van der Waals surface area (Å²) >= 11 is 5.74. The van der Waals surface area contributed by atoms with Crippen LogP contribution in [0.1, 0.15) is 60.9 Å². The van der Waals surface area contributed by atoms with E-state index in [0.29, 0.717) is 24.2 Å². The Morgan fingerprint density at radius 1 is 1.19 bits per heavy atom. The quantitative estimate of drug-likeness (QED) is 0.604. The molecule has 3 rings (SSSR count). The molecule has 0 bridgehead atoms. The molecule has 2 fully saturated rings. The summed E-state index contributed by atoms with van der Waals surface area (Å²) in [6.45, 7) is 0.636. The van der Waals surface area contributed by atoms with Crippen molar-refractivity contribution in [1.29, 1.82) is 0 Å². The molecule has 0 aliphatic heterocycles. The largest absolute Gasteiger partial charge is 0.496 e. The third kappa shape index (κ3) is 4.67. The average molecular weight is 377 g/mol. The van der Waals surface area contributed by atoms with Gasteiger partial charge in [0.15, 0.2) is 5.11 Å². The Hall–Kier alpha value is -1.82. The molecule has 0 atom stereocenters. The molecule has 2 aliphatic carbocycles. The van der Waals surface area contributed by atoms with Crippen LogP contribution < -0.4 is 10.1 Å². The Labute approximate surface area is 161 Å². The lowest BCUT2D eigenvalue weighted by Gasteiger charge is -2.37. The number of methoxy groups -OCH3 is 2. The molecule has 0 unspecified atom stereocenters. The average Bonchev–Trinajstić information content (AvgIpc) is 3.49. The molecule has 0 spiro atoms. The number of esters is 1. The zero-order valence-electron chi connectivity index (χ0n) is 15.6. The van der Waals surface area contributed by atoms with E-state index in [0.717, 1.165) is 29.3 Å². The van der Waals surface area contributed by atoms with Crippen LogP contribution in [0.2, 0.25) is 0 Å². The summed E-state index contributed by atoms with van der Waals surface area (Å²) in [5.41, 5.74) is 1.49. The van der Waals surface area contributed by atoms with E-state index in [-0.39, 0.29) is 5.97 Å². The lowest BCUT2D eigenvalue weighted by atomic mass is 9.94. The van der Waals surface area contributed by atoms with Crippen LogP contribution in [0.3, 0.4) is 0 Å². The molecule has 0 amide bonds. The molecule has 2 saturated carbocycles. The molecular formula is C20H28N2O3S. The van der Waals surface area contributed by atoms with Gasteiger partial charge in [0, 0.05) is 24.2 Å². The highest BCUT2D eigenvalue weighted by Crippen LogP contribution is 2.29. The van der Waals surface area contributed by atoms with Crippen molar-refractivity contribution in [2.45, 2.75) is 63.6 Å². The lowest BCUT2D eigenvalue weighted by Crippen LogP contribution is -2.47. The van der Waals surface area contributed by atoms with Gasteiger partial charge >= 0.3 is 5.97 Å². The summed E-state index contributed by atoms with van der Waals surface area (Å²) in [5, 5.41) is 4.31. The van der Waals surface area contributed by atoms with Gasteiger partial charge < -0.3 is 19.7 Å². The van der Waals surface area contributed by atoms with E-state index in [1.165, 1.54) is 39.2 Å². The number of carbonyl (C=O) groups excluding carboxylic acids is 1. The number of carbonyl (C=O) groups is 1. The van der Waals surface area contributed by atoms with E-state index >= 15 is 0 Å². The van der Waals surface area contributed by atoms with Gasteiger partial charge in [-0.1, -0.05) is 19.3 Å². The second kappa shape index (κ2) is 8.71. The highest BCUT2D eigenvalue weighted by molar-refractivity contribution is 7.80. The van der Waals surface area contributed by atoms with E-state index in [1.807, 2.05) is 12.1 Å². The molecular weight excluding hydrogens is 348 g/mol. The molecule has 2 aliphatic rings. The van der Waals surface area contributed by atoms with Crippen LogP contribution in [0, 0.1) is 0 Å². The third-order valence-electron chi connectivity index (χ3n) is 5.22. The van der Waals surface area contributed by atoms with Gasteiger partial charge in [0.1, 0.15) is 5.75 Å². The number of rotatable bonds is 6. The predicted molar refractivity (Wildman–Crippen MR) is 106 cm³/mol. The fraction of sp³-hybridized carbons (Fsp3) is 0.600. The smallest absolute Gasteiger partial charge is 0.337 e. The topological polar surface area (TPSA) is 50.8 Å². The number of hydrogen-bond donors (Lipinski definition) is 1. The summed E-state index contributed by atoms with van der Waals surface area (Å²) in [7, 11) is 3.05. The first-order valence-corrected chi connectivity index (χ1v) is 9.85. The first kappa shape index (κ1) is 19.0. The Morgan fingerprint density at radius 3 is 2.54 bits per heavy atom. The zero-order chi connectivity index (χ0) is 18.5. The van der Waals surface area contributed by atoms with Gasteiger partial charge in [-0.25, -0.2) is 4.79 Å². The number of ether oxygens (including phenoxy) is 2. The van der Waals surface area contributed by atoms with E-state index in [2.05, 4.69) is 10.2 Å². The Balaban J connectivity index is 1.84. The van der Waals surface area contributed by atoms with Gasteiger partial charge in [-0.3, -0.25) is 0 Å². The van der Waals surface area contributed by atoms with Crippen LogP contribution in [-0.2, 0) is 11.3 Å². The summed E-state index contributed by atoms with van der Waals surface area (Å²) in [6.07, 6.45) is 8.49. The Kier molecular flexibility index (Phi) is 6.35. The van der Waals surface area contributed by atoms with E-state index in [4.69, 9.17) is 21.7 Å². The normalized spacial score (nSPS) is 17.5. The maximum absolute atomic E-state index is 11.9. The molecule has 0 radical (unpaired) electrons. The van der Waals surface area contributed by atoms with Crippen LogP contribution in [-0.4, -0.2) is 42.3 Å². The van der Waals surface area contributed by atoms with Crippen molar-refractivity contribution in [3.8, 4) is 5.75 Å². The first-order valence-electron chi connectivity index (χ1n) is 9.44. The first-order chi connectivity index (χ1) is 12.6. The van der Waals surface area contributed by atoms with Gasteiger partial charge in [-0.15, -0.1) is 0 Å². The lowest BCUT2D eigenvalue weighted by molar-refractivity contribution is 0.0600. The minimum absolute atomic E-state index is 0.336. The van der Waals surface area contributed by atoms with Crippen LogP contribution in [0.4, 0.5) is 0 Å². The van der Waals surface area contributed by atoms with Crippen molar-refractivity contribution in [1.82, 2.24) is 10.2 Å². The molecule has 26 heavy (non-hydrogen) atoms. The molecule has 1 aromatic rings. The molecule has 5 nitrogen and oxygen atoms in total. The van der Waals surface area contributed by atoms with Crippen LogP contribution in [0.15, 0.2) is 18.2 Å². The monoisotopic (exact) mass is 376 g/mol. The number of nitrogens with one attached hydrogen (secondary N) is 1. The van der Waals surface area contributed by atoms with Gasteiger partial charge in [0.2, 0.25) is 0 Å². The highest BCUT2D eigenvalue weighted by Gasteiger charge is 2.29. The van der Waals surface area contributed by atoms with Crippen molar-refractivity contribution in [2.24, 2.45) is 0 Å². The number of hydrogen-bond acceptors (Lipinski definition) is 4. The molecule has 0 aromatic heterocycles. The summed E-state index contributed by atoms with van der Waals surface area (Å²) in [6, 6.07) is 6.39. The molecule has 142 valence electrons. The Bertz CT molecular complexity index is 654. The standard InChI is InChI=1S/C20H28N2O3S/c1-24-18-11-8-14(19(23)25-2)12-15(18)13-22(17-6-4-3-5-7-17)20(26)21-16-9-10-16/h8,11-12,16-17H,3-7,9-10,13H2,1-2H3,(H,21,26). The van der Waals surface area contributed by atoms with Crippen molar-refractivity contribution >= 4 is 23.3 Å². The van der Waals surface area contributed by atoms with E-state index in [1.54, 1.807) is 13.2 Å². The maximum atomic E-state index is 11.9. The summed E-state index contributed by atoms with van der Waals surface area (Å²) in [5.74, 6) is 0.435. The highest BCUT2D eigenvalue weighted by atomic mass is 32.1. The van der Waals surface area contributed by atoms with Crippen molar-refractivity contribution in [3.05, 3.63) is 29.3 Å². The second-order valence-corrected chi connectivity index (χ2v) is 7.55. The minimum Gasteiger partial charge on any atom is -0.496 e. The number of thiocarbonyl (C=S) groups is 1. The molecule has 1 N–H and O–H groups in total. The molecule has 1 aromatic carbocycles. The SMILES string of the molecule is COC(=O)c1ccc(OC)c(CN(C(=S)NC2CC2)C2CCCCC2)c1. The molecule has 0 heterocycles. The van der Waals surface area contributed by atoms with Crippen molar-refractivity contribution in [3.63, 3.8) is 0 Å². The van der Waals surface area contributed by atoms with Gasteiger partial charge in [-0.2, -0.15) is 0 Å². The van der Waals surface area contributed by atoms with Gasteiger partial charge in [0.05, 0.1) is 19.8 Å². The van der Waals surface area contributed by atoms with Crippen molar-refractivity contribution < 1.29 is 14.3 Å².